The summed E-state index contributed by atoms with van der Waals surface area (Å²) in [5.74, 6) is -0.146. The van der Waals surface area contributed by atoms with E-state index in [0.29, 0.717) is 13.0 Å². The lowest BCUT2D eigenvalue weighted by atomic mass is 10.1. The third kappa shape index (κ3) is 3.90. The molecule has 92 valence electrons. The molecule has 0 atom stereocenters. The van der Waals surface area contributed by atoms with Gasteiger partial charge in [-0.1, -0.05) is 12.1 Å². The first kappa shape index (κ1) is 13.2. The first-order valence-electron chi connectivity index (χ1n) is 5.47. The second kappa shape index (κ2) is 6.03. The van der Waals surface area contributed by atoms with Gasteiger partial charge in [0.15, 0.2) is 0 Å². The summed E-state index contributed by atoms with van der Waals surface area (Å²) in [4.78, 5) is 21.7. The number of Topliss-reactive ketones (excluding diaryl/α,β-unsaturated/α-hetero) is 1. The minimum atomic E-state index is -0.532. The van der Waals surface area contributed by atoms with Gasteiger partial charge in [-0.3, -0.25) is 9.59 Å². The number of hydrogen-bond acceptors (Lipinski definition) is 3. The predicted octanol–water partition coefficient (Wildman–Crippen LogP) is 1.25. The number of carbonyl (C=O) groups excluding carboxylic acids is 2. The summed E-state index contributed by atoms with van der Waals surface area (Å²) in [7, 11) is 1.63. The number of nitrogens with one attached hydrogen (secondary N) is 1. The van der Waals surface area contributed by atoms with Crippen molar-refractivity contribution in [2.75, 3.05) is 13.7 Å². The molecule has 0 spiro atoms. The van der Waals surface area contributed by atoms with E-state index in [1.807, 2.05) is 25.1 Å². The van der Waals surface area contributed by atoms with Crippen molar-refractivity contribution in [3.05, 3.63) is 29.3 Å². The molecule has 1 rings (SSSR count). The maximum Gasteiger partial charge on any atom is 0.287 e. The molecular weight excluding hydrogens is 218 g/mol. The monoisotopic (exact) mass is 235 g/mol. The van der Waals surface area contributed by atoms with Gasteiger partial charge in [0.2, 0.25) is 5.78 Å². The molecule has 0 bridgehead atoms. The van der Waals surface area contributed by atoms with Gasteiger partial charge >= 0.3 is 0 Å². The Morgan fingerprint density at radius 1 is 1.35 bits per heavy atom. The molecular formula is C13H17NO3. The first-order chi connectivity index (χ1) is 8.04. The first-order valence-corrected chi connectivity index (χ1v) is 5.47. The minimum absolute atomic E-state index is 0.462. The van der Waals surface area contributed by atoms with E-state index in [9.17, 15) is 9.59 Å². The summed E-state index contributed by atoms with van der Waals surface area (Å²) in [6.07, 6.45) is 0.698. The third-order valence-electron chi connectivity index (χ3n) is 2.48. The summed E-state index contributed by atoms with van der Waals surface area (Å²) in [5, 5.41) is 2.56. The van der Waals surface area contributed by atoms with Crippen LogP contribution in [0.3, 0.4) is 0 Å². The largest absolute Gasteiger partial charge is 0.496 e. The smallest absolute Gasteiger partial charge is 0.287 e. The number of benzene rings is 1. The van der Waals surface area contributed by atoms with E-state index in [0.717, 1.165) is 16.9 Å². The Balaban J connectivity index is 2.50. The van der Waals surface area contributed by atoms with Gasteiger partial charge in [0, 0.05) is 13.5 Å². The van der Waals surface area contributed by atoms with Crippen molar-refractivity contribution < 1.29 is 14.3 Å². The number of rotatable bonds is 5. The van der Waals surface area contributed by atoms with Gasteiger partial charge in [-0.15, -0.1) is 0 Å². The van der Waals surface area contributed by atoms with E-state index in [-0.39, 0.29) is 0 Å². The fraction of sp³-hybridized carbons (Fsp3) is 0.385. The molecule has 0 heterocycles. The Hall–Kier alpha value is -1.84. The highest BCUT2D eigenvalue weighted by Crippen LogP contribution is 2.18. The molecule has 4 heteroatoms. The highest BCUT2D eigenvalue weighted by atomic mass is 16.5. The number of methoxy groups -OCH3 is 1. The normalized spacial score (nSPS) is 9.82. The zero-order valence-electron chi connectivity index (χ0n) is 10.4. The third-order valence-corrected chi connectivity index (χ3v) is 2.48. The number of ether oxygens (including phenoxy) is 1. The van der Waals surface area contributed by atoms with Crippen LogP contribution in [0.25, 0.3) is 0 Å². The standard InChI is InChI=1S/C13H17NO3/c1-9-8-11(4-5-12(9)17-3)6-7-14-13(16)10(2)15/h4-5,8H,6-7H2,1-3H3,(H,14,16). The van der Waals surface area contributed by atoms with E-state index in [1.165, 1.54) is 6.92 Å². The average molecular weight is 235 g/mol. The fourth-order valence-electron chi connectivity index (χ4n) is 1.54. The Kier molecular flexibility index (Phi) is 4.69. The molecule has 1 aromatic carbocycles. The van der Waals surface area contributed by atoms with Crippen LogP contribution in [0.5, 0.6) is 5.75 Å². The zero-order valence-corrected chi connectivity index (χ0v) is 10.4. The number of amides is 1. The molecule has 4 nitrogen and oxygen atoms in total. The topological polar surface area (TPSA) is 55.4 Å². The van der Waals surface area contributed by atoms with Gasteiger partial charge in [0.25, 0.3) is 5.91 Å². The van der Waals surface area contributed by atoms with E-state index in [1.54, 1.807) is 7.11 Å². The molecule has 0 aliphatic heterocycles. The molecule has 1 amide bonds. The Morgan fingerprint density at radius 2 is 2.06 bits per heavy atom. The fourth-order valence-corrected chi connectivity index (χ4v) is 1.54. The maximum absolute atomic E-state index is 11.0. The second-order valence-electron chi connectivity index (χ2n) is 3.87. The van der Waals surface area contributed by atoms with Crippen LogP contribution in [0.15, 0.2) is 18.2 Å². The van der Waals surface area contributed by atoms with Crippen LogP contribution in [0, 0.1) is 6.92 Å². The predicted molar refractivity (Wildman–Crippen MR) is 65.1 cm³/mol. The molecule has 0 saturated heterocycles. The Morgan fingerprint density at radius 3 is 2.59 bits per heavy atom. The lowest BCUT2D eigenvalue weighted by Gasteiger charge is -2.07. The molecule has 0 aliphatic rings. The van der Waals surface area contributed by atoms with Gasteiger partial charge in [-0.05, 0) is 30.5 Å². The molecule has 0 aliphatic carbocycles. The van der Waals surface area contributed by atoms with Gasteiger partial charge in [-0.25, -0.2) is 0 Å². The average Bonchev–Trinajstić information content (AvgIpc) is 2.29. The second-order valence-corrected chi connectivity index (χ2v) is 3.87. The number of carbonyl (C=O) groups is 2. The summed E-state index contributed by atoms with van der Waals surface area (Å²) < 4.78 is 5.16. The quantitative estimate of drug-likeness (QED) is 0.781. The van der Waals surface area contributed by atoms with Crippen molar-refractivity contribution >= 4 is 11.7 Å². The molecule has 1 N–H and O–H groups in total. The van der Waals surface area contributed by atoms with Crippen molar-refractivity contribution in [2.24, 2.45) is 0 Å². The van der Waals surface area contributed by atoms with Crippen LogP contribution in [-0.2, 0) is 16.0 Å². The van der Waals surface area contributed by atoms with Crippen molar-refractivity contribution in [1.82, 2.24) is 5.32 Å². The summed E-state index contributed by atoms with van der Waals surface area (Å²) in [6, 6.07) is 5.86. The minimum Gasteiger partial charge on any atom is -0.496 e. The number of aryl methyl sites for hydroxylation is 1. The summed E-state index contributed by atoms with van der Waals surface area (Å²) in [5.41, 5.74) is 2.16. The van der Waals surface area contributed by atoms with Crippen molar-refractivity contribution in [3.63, 3.8) is 0 Å². The molecule has 0 radical (unpaired) electrons. The summed E-state index contributed by atoms with van der Waals surface area (Å²) >= 11 is 0. The molecule has 17 heavy (non-hydrogen) atoms. The lowest BCUT2D eigenvalue weighted by Crippen LogP contribution is -2.30. The van der Waals surface area contributed by atoms with Gasteiger partial charge < -0.3 is 10.1 Å². The van der Waals surface area contributed by atoms with Gasteiger partial charge in [0.05, 0.1) is 7.11 Å². The van der Waals surface area contributed by atoms with Crippen LogP contribution in [0.1, 0.15) is 18.1 Å². The van der Waals surface area contributed by atoms with E-state index in [2.05, 4.69) is 5.32 Å². The van der Waals surface area contributed by atoms with Crippen LogP contribution in [0.4, 0.5) is 0 Å². The number of hydrogen-bond donors (Lipinski definition) is 1. The highest BCUT2D eigenvalue weighted by molar-refractivity contribution is 6.35. The van der Waals surface area contributed by atoms with Crippen molar-refractivity contribution in [3.8, 4) is 5.75 Å². The van der Waals surface area contributed by atoms with E-state index >= 15 is 0 Å². The van der Waals surface area contributed by atoms with Crippen LogP contribution < -0.4 is 10.1 Å². The Bertz CT molecular complexity index is 427. The van der Waals surface area contributed by atoms with Gasteiger partial charge in [-0.2, -0.15) is 0 Å². The SMILES string of the molecule is COc1ccc(CCNC(=O)C(C)=O)cc1C. The lowest BCUT2D eigenvalue weighted by molar-refractivity contribution is -0.136. The zero-order chi connectivity index (χ0) is 12.8. The summed E-state index contributed by atoms with van der Waals surface area (Å²) in [6.45, 7) is 3.69. The molecule has 0 unspecified atom stereocenters. The van der Waals surface area contributed by atoms with Gasteiger partial charge in [0.1, 0.15) is 5.75 Å². The molecule has 1 aromatic rings. The molecule has 0 aromatic heterocycles. The van der Waals surface area contributed by atoms with Crippen LogP contribution >= 0.6 is 0 Å². The molecule has 0 saturated carbocycles. The van der Waals surface area contributed by atoms with Crippen molar-refractivity contribution in [1.29, 1.82) is 0 Å². The highest BCUT2D eigenvalue weighted by Gasteiger charge is 2.06. The van der Waals surface area contributed by atoms with Crippen LogP contribution in [0.2, 0.25) is 0 Å². The van der Waals surface area contributed by atoms with E-state index in [4.69, 9.17) is 4.74 Å². The van der Waals surface area contributed by atoms with E-state index < -0.39 is 11.7 Å². The van der Waals surface area contributed by atoms with Crippen molar-refractivity contribution in [2.45, 2.75) is 20.3 Å². The Labute approximate surface area is 101 Å². The number of ketones is 1. The van der Waals surface area contributed by atoms with Crippen LogP contribution in [-0.4, -0.2) is 25.3 Å². The molecule has 0 fully saturated rings. The maximum atomic E-state index is 11.0.